The van der Waals surface area contributed by atoms with Gasteiger partial charge >= 0.3 is 12.0 Å². The van der Waals surface area contributed by atoms with Gasteiger partial charge in [0.05, 0.1) is 4.92 Å². The molecule has 0 spiro atoms. The normalized spacial score (nSPS) is 10.6. The van der Waals surface area contributed by atoms with Gasteiger partial charge in [-0.1, -0.05) is 6.07 Å². The van der Waals surface area contributed by atoms with E-state index in [0.29, 0.717) is 0 Å². The van der Waals surface area contributed by atoms with Crippen LogP contribution < -0.4 is 10.6 Å². The van der Waals surface area contributed by atoms with Gasteiger partial charge in [0.2, 0.25) is 0 Å². The molecule has 0 aliphatic rings. The molecule has 1 aromatic rings. The average molecular weight is 267 g/mol. The van der Waals surface area contributed by atoms with E-state index in [2.05, 4.69) is 10.6 Å². The molecule has 0 radical (unpaired) electrons. The number of carbonyl (C=O) groups is 2. The second kappa shape index (κ2) is 5.34. The Bertz CT molecular complexity index is 527. The predicted octanol–water partition coefficient (Wildman–Crippen LogP) is 1.58. The third-order valence-electron chi connectivity index (χ3n) is 2.28. The Morgan fingerprint density at radius 2 is 2.00 bits per heavy atom. The number of anilines is 1. The molecular weight excluding hydrogens is 254 g/mol. The highest BCUT2D eigenvalue weighted by atomic mass is 16.6. The molecule has 0 aliphatic heterocycles. The van der Waals surface area contributed by atoms with E-state index in [9.17, 15) is 19.7 Å². The number of hydrogen-bond donors (Lipinski definition) is 3. The van der Waals surface area contributed by atoms with E-state index in [0.717, 1.165) is 0 Å². The maximum absolute atomic E-state index is 11.6. The molecule has 0 saturated carbocycles. The van der Waals surface area contributed by atoms with Gasteiger partial charge in [-0.3, -0.25) is 10.1 Å². The number of carboxylic acid groups (broad SMARTS) is 1. The molecule has 8 nitrogen and oxygen atoms in total. The van der Waals surface area contributed by atoms with Crippen LogP contribution in [-0.4, -0.2) is 27.6 Å². The summed E-state index contributed by atoms with van der Waals surface area (Å²) in [6.45, 7) is 2.64. The van der Waals surface area contributed by atoms with Crippen LogP contribution in [0.4, 0.5) is 16.2 Å². The first-order chi connectivity index (χ1) is 8.72. The number of amides is 2. The standard InChI is InChI=1S/C11H13N3O5/c1-11(2,9(15)16)13-10(17)12-7-4-3-5-8(6-7)14(18)19/h3-6H,1-2H3,(H,15,16)(H2,12,13,17). The van der Waals surface area contributed by atoms with Crippen LogP contribution in [0.15, 0.2) is 24.3 Å². The first-order valence-corrected chi connectivity index (χ1v) is 5.29. The number of carbonyl (C=O) groups excluding carboxylic acids is 1. The zero-order chi connectivity index (χ0) is 14.6. The minimum Gasteiger partial charge on any atom is -0.480 e. The molecule has 0 fully saturated rings. The Balaban J connectivity index is 2.75. The number of hydrogen-bond acceptors (Lipinski definition) is 4. The van der Waals surface area contributed by atoms with Crippen LogP contribution in [0, 0.1) is 10.1 Å². The lowest BCUT2D eigenvalue weighted by Gasteiger charge is -2.21. The fourth-order valence-corrected chi connectivity index (χ4v) is 1.20. The highest BCUT2D eigenvalue weighted by Crippen LogP contribution is 2.17. The molecule has 3 N–H and O–H groups in total. The molecule has 0 bridgehead atoms. The summed E-state index contributed by atoms with van der Waals surface area (Å²) in [6.07, 6.45) is 0. The van der Waals surface area contributed by atoms with Crippen LogP contribution in [0.1, 0.15) is 13.8 Å². The number of nitro groups is 1. The average Bonchev–Trinajstić information content (AvgIpc) is 2.28. The van der Waals surface area contributed by atoms with Gasteiger partial charge in [-0.15, -0.1) is 0 Å². The van der Waals surface area contributed by atoms with Gasteiger partial charge in [-0.2, -0.15) is 0 Å². The molecule has 0 aromatic heterocycles. The summed E-state index contributed by atoms with van der Waals surface area (Å²) in [5.41, 5.74) is -1.41. The van der Waals surface area contributed by atoms with Crippen molar-refractivity contribution in [2.45, 2.75) is 19.4 Å². The Morgan fingerprint density at radius 1 is 1.37 bits per heavy atom. The van der Waals surface area contributed by atoms with Crippen LogP contribution in [0.2, 0.25) is 0 Å². The molecule has 102 valence electrons. The van der Waals surface area contributed by atoms with Gasteiger partial charge in [0.15, 0.2) is 0 Å². The highest BCUT2D eigenvalue weighted by molar-refractivity contribution is 5.93. The number of rotatable bonds is 4. The number of nitro benzene ring substituents is 1. The molecule has 1 rings (SSSR count). The van der Waals surface area contributed by atoms with Crippen molar-refractivity contribution in [2.24, 2.45) is 0 Å². The molecule has 2 amide bonds. The Hall–Kier alpha value is -2.64. The second-order valence-corrected chi connectivity index (χ2v) is 4.32. The Kier molecular flexibility index (Phi) is 4.05. The van der Waals surface area contributed by atoms with Crippen molar-refractivity contribution < 1.29 is 19.6 Å². The predicted molar refractivity (Wildman–Crippen MR) is 67.0 cm³/mol. The van der Waals surface area contributed by atoms with Crippen molar-refractivity contribution in [1.29, 1.82) is 0 Å². The summed E-state index contributed by atoms with van der Waals surface area (Å²) in [5, 5.41) is 24.0. The summed E-state index contributed by atoms with van der Waals surface area (Å²) in [7, 11) is 0. The van der Waals surface area contributed by atoms with Crippen molar-refractivity contribution >= 4 is 23.4 Å². The molecule has 0 saturated heterocycles. The van der Waals surface area contributed by atoms with E-state index < -0.39 is 22.5 Å². The number of nitrogens with zero attached hydrogens (tertiary/aromatic N) is 1. The van der Waals surface area contributed by atoms with E-state index in [1.54, 1.807) is 0 Å². The largest absolute Gasteiger partial charge is 0.480 e. The van der Waals surface area contributed by atoms with Gasteiger partial charge in [-0.05, 0) is 19.9 Å². The van der Waals surface area contributed by atoms with E-state index in [4.69, 9.17) is 5.11 Å². The summed E-state index contributed by atoms with van der Waals surface area (Å²) >= 11 is 0. The molecule has 0 aliphatic carbocycles. The summed E-state index contributed by atoms with van der Waals surface area (Å²) < 4.78 is 0. The van der Waals surface area contributed by atoms with E-state index in [1.165, 1.54) is 38.1 Å². The van der Waals surface area contributed by atoms with Crippen LogP contribution >= 0.6 is 0 Å². The molecule has 0 heterocycles. The number of benzene rings is 1. The van der Waals surface area contributed by atoms with Crippen molar-refractivity contribution in [3.63, 3.8) is 0 Å². The number of carboxylic acids is 1. The number of non-ortho nitro benzene ring substituents is 1. The molecular formula is C11H13N3O5. The van der Waals surface area contributed by atoms with Gasteiger partial charge in [0.1, 0.15) is 5.54 Å². The lowest BCUT2D eigenvalue weighted by Crippen LogP contribution is -2.51. The maximum Gasteiger partial charge on any atom is 0.328 e. The zero-order valence-electron chi connectivity index (χ0n) is 10.3. The van der Waals surface area contributed by atoms with Crippen LogP contribution in [0.5, 0.6) is 0 Å². The Morgan fingerprint density at radius 3 is 2.53 bits per heavy atom. The van der Waals surface area contributed by atoms with Crippen molar-refractivity contribution in [1.82, 2.24) is 5.32 Å². The van der Waals surface area contributed by atoms with E-state index in [-0.39, 0.29) is 11.4 Å². The third-order valence-corrected chi connectivity index (χ3v) is 2.28. The smallest absolute Gasteiger partial charge is 0.328 e. The van der Waals surface area contributed by atoms with Gasteiger partial charge in [-0.25, -0.2) is 9.59 Å². The fourth-order valence-electron chi connectivity index (χ4n) is 1.20. The molecule has 1 aromatic carbocycles. The third kappa shape index (κ3) is 3.95. The minimum absolute atomic E-state index is 0.171. The van der Waals surface area contributed by atoms with Crippen LogP contribution in [0.3, 0.4) is 0 Å². The SMILES string of the molecule is CC(C)(NC(=O)Nc1cccc([N+](=O)[O-])c1)C(=O)O. The number of urea groups is 1. The van der Waals surface area contributed by atoms with Crippen molar-refractivity contribution in [3.05, 3.63) is 34.4 Å². The number of aliphatic carboxylic acids is 1. The topological polar surface area (TPSA) is 122 Å². The molecule has 8 heteroatoms. The zero-order valence-corrected chi connectivity index (χ0v) is 10.3. The second-order valence-electron chi connectivity index (χ2n) is 4.32. The summed E-state index contributed by atoms with van der Waals surface area (Å²) in [4.78, 5) is 32.3. The lowest BCUT2D eigenvalue weighted by atomic mass is 10.1. The Labute approximate surface area is 108 Å². The van der Waals surface area contributed by atoms with Crippen LogP contribution in [0.25, 0.3) is 0 Å². The van der Waals surface area contributed by atoms with Gasteiger partial charge in [0.25, 0.3) is 5.69 Å². The summed E-state index contributed by atoms with van der Waals surface area (Å²) in [5.74, 6) is -1.19. The monoisotopic (exact) mass is 267 g/mol. The first kappa shape index (κ1) is 14.4. The van der Waals surface area contributed by atoms with Crippen molar-refractivity contribution in [3.8, 4) is 0 Å². The highest BCUT2D eigenvalue weighted by Gasteiger charge is 2.28. The van der Waals surface area contributed by atoms with Gasteiger partial charge in [0, 0.05) is 17.8 Å². The maximum atomic E-state index is 11.6. The first-order valence-electron chi connectivity index (χ1n) is 5.29. The quantitative estimate of drug-likeness (QED) is 0.564. The van der Waals surface area contributed by atoms with E-state index in [1.807, 2.05) is 0 Å². The fraction of sp³-hybridized carbons (Fsp3) is 0.273. The molecule has 0 atom stereocenters. The number of nitrogens with one attached hydrogen (secondary N) is 2. The van der Waals surface area contributed by atoms with E-state index >= 15 is 0 Å². The lowest BCUT2D eigenvalue weighted by molar-refractivity contribution is -0.384. The van der Waals surface area contributed by atoms with Gasteiger partial charge < -0.3 is 15.7 Å². The summed E-state index contributed by atoms with van der Waals surface area (Å²) in [6, 6.07) is 4.57. The van der Waals surface area contributed by atoms with Crippen molar-refractivity contribution in [2.75, 3.05) is 5.32 Å². The molecule has 19 heavy (non-hydrogen) atoms. The van der Waals surface area contributed by atoms with Crippen LogP contribution in [-0.2, 0) is 4.79 Å². The minimum atomic E-state index is -1.44. The molecule has 0 unspecified atom stereocenters.